The Morgan fingerprint density at radius 1 is 1.25 bits per heavy atom. The third-order valence-corrected chi connectivity index (χ3v) is 3.50. The van der Waals surface area contributed by atoms with Gasteiger partial charge in [0.05, 0.1) is 9.21 Å². The first-order chi connectivity index (χ1) is 7.72. The van der Waals surface area contributed by atoms with Crippen LogP contribution in [0.2, 0.25) is 4.34 Å². The minimum atomic E-state index is 0.725. The SMILES string of the molecule is Cc1ccc2nc(-c3ccc(Cl)s3)nn2c1. The monoisotopic (exact) mass is 249 g/mol. The molecule has 80 valence electrons. The van der Waals surface area contributed by atoms with E-state index < -0.39 is 0 Å². The number of rotatable bonds is 1. The topological polar surface area (TPSA) is 30.2 Å². The molecule has 3 aromatic rings. The maximum Gasteiger partial charge on any atom is 0.192 e. The van der Waals surface area contributed by atoms with Gasteiger partial charge < -0.3 is 0 Å². The summed E-state index contributed by atoms with van der Waals surface area (Å²) in [5, 5.41) is 4.41. The summed E-state index contributed by atoms with van der Waals surface area (Å²) in [7, 11) is 0. The lowest BCUT2D eigenvalue weighted by atomic mass is 10.3. The molecule has 0 aliphatic carbocycles. The van der Waals surface area contributed by atoms with E-state index in [-0.39, 0.29) is 0 Å². The molecule has 0 radical (unpaired) electrons. The minimum Gasteiger partial charge on any atom is -0.220 e. The summed E-state index contributed by atoms with van der Waals surface area (Å²) in [6, 6.07) is 7.78. The second-order valence-corrected chi connectivity index (χ2v) is 5.26. The highest BCUT2D eigenvalue weighted by atomic mass is 35.5. The van der Waals surface area contributed by atoms with Gasteiger partial charge in [-0.15, -0.1) is 16.4 Å². The molecule has 0 N–H and O–H groups in total. The van der Waals surface area contributed by atoms with Gasteiger partial charge >= 0.3 is 0 Å². The van der Waals surface area contributed by atoms with E-state index in [9.17, 15) is 0 Å². The third-order valence-electron chi connectivity index (χ3n) is 2.27. The molecular formula is C11H8ClN3S. The molecule has 5 heteroatoms. The second kappa shape index (κ2) is 3.57. The average Bonchev–Trinajstić information content (AvgIpc) is 2.83. The van der Waals surface area contributed by atoms with Crippen LogP contribution in [-0.2, 0) is 0 Å². The summed E-state index contributed by atoms with van der Waals surface area (Å²) in [5.41, 5.74) is 2.01. The quantitative estimate of drug-likeness (QED) is 0.662. The Morgan fingerprint density at radius 3 is 2.88 bits per heavy atom. The Balaban J connectivity index is 2.18. The summed E-state index contributed by atoms with van der Waals surface area (Å²) < 4.78 is 2.54. The van der Waals surface area contributed by atoms with Crippen LogP contribution < -0.4 is 0 Å². The van der Waals surface area contributed by atoms with Gasteiger partial charge in [0.15, 0.2) is 11.5 Å². The molecule has 3 nitrogen and oxygen atoms in total. The maximum absolute atomic E-state index is 5.89. The lowest BCUT2D eigenvalue weighted by Crippen LogP contribution is -1.87. The first kappa shape index (κ1) is 9.81. The summed E-state index contributed by atoms with van der Waals surface area (Å²) in [6.07, 6.45) is 1.96. The van der Waals surface area contributed by atoms with Crippen LogP contribution in [0.1, 0.15) is 5.56 Å². The van der Waals surface area contributed by atoms with Crippen LogP contribution in [0.5, 0.6) is 0 Å². The van der Waals surface area contributed by atoms with Gasteiger partial charge in [-0.3, -0.25) is 0 Å². The van der Waals surface area contributed by atoms with E-state index >= 15 is 0 Å². The highest BCUT2D eigenvalue weighted by Gasteiger charge is 2.08. The zero-order valence-corrected chi connectivity index (χ0v) is 10.1. The predicted molar refractivity (Wildman–Crippen MR) is 66.0 cm³/mol. The molecule has 3 heterocycles. The molecule has 0 aromatic carbocycles. The molecule has 0 saturated heterocycles. The molecule has 0 atom stereocenters. The Kier molecular flexibility index (Phi) is 2.19. The van der Waals surface area contributed by atoms with Crippen LogP contribution in [0.15, 0.2) is 30.5 Å². The molecule has 0 bridgehead atoms. The van der Waals surface area contributed by atoms with Crippen molar-refractivity contribution in [1.82, 2.24) is 14.6 Å². The lowest BCUT2D eigenvalue weighted by molar-refractivity contribution is 0.957. The van der Waals surface area contributed by atoms with Gasteiger partial charge in [0.1, 0.15) is 0 Å². The maximum atomic E-state index is 5.89. The number of halogens is 1. The van der Waals surface area contributed by atoms with Gasteiger partial charge in [-0.1, -0.05) is 17.7 Å². The van der Waals surface area contributed by atoms with Crippen LogP contribution >= 0.6 is 22.9 Å². The predicted octanol–water partition coefficient (Wildman–Crippen LogP) is 3.42. The summed E-state index contributed by atoms with van der Waals surface area (Å²) in [4.78, 5) is 5.43. The minimum absolute atomic E-state index is 0.725. The van der Waals surface area contributed by atoms with E-state index in [0.717, 1.165) is 26.2 Å². The molecule has 0 aliphatic heterocycles. The number of hydrogen-bond acceptors (Lipinski definition) is 3. The van der Waals surface area contributed by atoms with E-state index in [1.165, 1.54) is 11.3 Å². The molecule has 0 amide bonds. The second-order valence-electron chi connectivity index (χ2n) is 3.55. The van der Waals surface area contributed by atoms with Crippen molar-refractivity contribution in [3.8, 4) is 10.7 Å². The van der Waals surface area contributed by atoms with Gasteiger partial charge in [-0.2, -0.15) is 0 Å². The van der Waals surface area contributed by atoms with Gasteiger partial charge in [0.25, 0.3) is 0 Å². The summed E-state index contributed by atoms with van der Waals surface area (Å²) >= 11 is 7.38. The fourth-order valence-electron chi connectivity index (χ4n) is 1.52. The van der Waals surface area contributed by atoms with Crippen LogP contribution in [0.25, 0.3) is 16.3 Å². The number of pyridine rings is 1. The molecule has 0 unspecified atom stereocenters. The molecule has 3 rings (SSSR count). The number of fused-ring (bicyclic) bond motifs is 1. The highest BCUT2D eigenvalue weighted by Crippen LogP contribution is 2.28. The van der Waals surface area contributed by atoms with Crippen LogP contribution in [0, 0.1) is 6.92 Å². The molecule has 0 saturated carbocycles. The number of nitrogens with zero attached hydrogens (tertiary/aromatic N) is 3. The summed E-state index contributed by atoms with van der Waals surface area (Å²) in [5.74, 6) is 0.725. The van der Waals surface area contributed by atoms with Crippen molar-refractivity contribution < 1.29 is 0 Å². The van der Waals surface area contributed by atoms with Gasteiger partial charge in [0, 0.05) is 6.20 Å². The first-order valence-corrected chi connectivity index (χ1v) is 6.00. The van der Waals surface area contributed by atoms with Crippen molar-refractivity contribution in [3.05, 3.63) is 40.4 Å². The van der Waals surface area contributed by atoms with Crippen molar-refractivity contribution in [3.63, 3.8) is 0 Å². The number of aryl methyl sites for hydroxylation is 1. The molecule has 0 fully saturated rings. The van der Waals surface area contributed by atoms with E-state index in [1.807, 2.05) is 37.4 Å². The molecule has 0 spiro atoms. The molecule has 3 aromatic heterocycles. The number of thiophene rings is 1. The molecular weight excluding hydrogens is 242 g/mol. The van der Waals surface area contributed by atoms with E-state index in [1.54, 1.807) is 4.52 Å². The van der Waals surface area contributed by atoms with Crippen molar-refractivity contribution in [2.45, 2.75) is 6.92 Å². The Labute approximate surface area is 101 Å². The fourth-order valence-corrected chi connectivity index (χ4v) is 2.50. The largest absolute Gasteiger partial charge is 0.220 e. The van der Waals surface area contributed by atoms with Gasteiger partial charge in [0.2, 0.25) is 0 Å². The zero-order valence-electron chi connectivity index (χ0n) is 8.51. The van der Waals surface area contributed by atoms with Crippen LogP contribution in [0.3, 0.4) is 0 Å². The zero-order chi connectivity index (χ0) is 11.1. The average molecular weight is 250 g/mol. The Morgan fingerprint density at radius 2 is 2.12 bits per heavy atom. The fraction of sp³-hybridized carbons (Fsp3) is 0.0909. The molecule has 0 aliphatic rings. The molecule has 16 heavy (non-hydrogen) atoms. The van der Waals surface area contributed by atoms with Crippen molar-refractivity contribution in [2.24, 2.45) is 0 Å². The van der Waals surface area contributed by atoms with Crippen molar-refractivity contribution in [2.75, 3.05) is 0 Å². The highest BCUT2D eigenvalue weighted by molar-refractivity contribution is 7.19. The smallest absolute Gasteiger partial charge is 0.192 e. The van der Waals surface area contributed by atoms with Crippen molar-refractivity contribution in [1.29, 1.82) is 0 Å². The normalized spacial score (nSPS) is 11.1. The standard InChI is InChI=1S/C11H8ClN3S/c1-7-2-5-10-13-11(14-15(10)6-7)8-3-4-9(12)16-8/h2-6H,1H3. The van der Waals surface area contributed by atoms with E-state index in [0.29, 0.717) is 0 Å². The first-order valence-electron chi connectivity index (χ1n) is 4.81. The van der Waals surface area contributed by atoms with Crippen LogP contribution in [-0.4, -0.2) is 14.6 Å². The Hall–Kier alpha value is -1.39. The number of aromatic nitrogens is 3. The Bertz CT molecular complexity index is 656. The summed E-state index contributed by atoms with van der Waals surface area (Å²) in [6.45, 7) is 2.03. The lowest BCUT2D eigenvalue weighted by Gasteiger charge is -1.91. The van der Waals surface area contributed by atoms with Gasteiger partial charge in [-0.25, -0.2) is 9.50 Å². The number of hydrogen-bond donors (Lipinski definition) is 0. The van der Waals surface area contributed by atoms with E-state index in [4.69, 9.17) is 11.6 Å². The van der Waals surface area contributed by atoms with Crippen LogP contribution in [0.4, 0.5) is 0 Å². The van der Waals surface area contributed by atoms with E-state index in [2.05, 4.69) is 10.1 Å². The van der Waals surface area contributed by atoms with Gasteiger partial charge in [-0.05, 0) is 30.7 Å². The third kappa shape index (κ3) is 1.60. The van der Waals surface area contributed by atoms with Crippen molar-refractivity contribution >= 4 is 28.6 Å².